The highest BCUT2D eigenvalue weighted by Gasteiger charge is 2.38. The molecule has 0 aromatic carbocycles. The number of carboxylic acid groups (broad SMARTS) is 1. The van der Waals surface area contributed by atoms with Gasteiger partial charge in [-0.15, -0.1) is 0 Å². The van der Waals surface area contributed by atoms with Gasteiger partial charge in [-0.05, 0) is 19.8 Å². The lowest BCUT2D eigenvalue weighted by molar-refractivity contribution is -0.149. The van der Waals surface area contributed by atoms with Crippen molar-refractivity contribution >= 4 is 12.0 Å². The maximum atomic E-state index is 11.4. The molecule has 1 rings (SSSR count). The minimum absolute atomic E-state index is 0.230. The first-order valence-electron chi connectivity index (χ1n) is 6.36. The van der Waals surface area contributed by atoms with E-state index in [0.29, 0.717) is 19.4 Å². The maximum absolute atomic E-state index is 11.4. The average molecular weight is 242 g/mol. The van der Waals surface area contributed by atoms with Crippen molar-refractivity contribution in [2.75, 3.05) is 13.1 Å². The van der Waals surface area contributed by atoms with Crippen LogP contribution in [0.5, 0.6) is 0 Å². The number of rotatable bonds is 4. The third kappa shape index (κ3) is 3.91. The summed E-state index contributed by atoms with van der Waals surface area (Å²) < 4.78 is 0. The fourth-order valence-electron chi connectivity index (χ4n) is 2.34. The lowest BCUT2D eigenvalue weighted by Crippen LogP contribution is -2.46. The molecule has 0 radical (unpaired) electrons. The van der Waals surface area contributed by atoms with Gasteiger partial charge in [0.2, 0.25) is 0 Å². The first-order valence-corrected chi connectivity index (χ1v) is 6.36. The molecule has 17 heavy (non-hydrogen) atoms. The van der Waals surface area contributed by atoms with Crippen LogP contribution < -0.4 is 10.6 Å². The number of carbonyl (C=O) groups excluding carboxylic acids is 1. The molecule has 0 unspecified atom stereocenters. The molecule has 5 nitrogen and oxygen atoms in total. The van der Waals surface area contributed by atoms with Gasteiger partial charge in [0.15, 0.2) is 0 Å². The molecule has 1 aliphatic carbocycles. The molecule has 5 heteroatoms. The summed E-state index contributed by atoms with van der Waals surface area (Å²) in [5, 5.41) is 14.7. The summed E-state index contributed by atoms with van der Waals surface area (Å²) in [7, 11) is 0. The van der Waals surface area contributed by atoms with Gasteiger partial charge >= 0.3 is 12.0 Å². The Bertz CT molecular complexity index is 271. The largest absolute Gasteiger partial charge is 0.481 e. The van der Waals surface area contributed by atoms with Crippen LogP contribution in [0.1, 0.15) is 45.4 Å². The zero-order valence-electron chi connectivity index (χ0n) is 10.4. The van der Waals surface area contributed by atoms with Crippen LogP contribution in [0.2, 0.25) is 0 Å². The molecule has 1 aliphatic rings. The topological polar surface area (TPSA) is 78.4 Å². The third-order valence-electron chi connectivity index (χ3n) is 3.44. The van der Waals surface area contributed by atoms with Gasteiger partial charge < -0.3 is 15.7 Å². The zero-order chi connectivity index (χ0) is 12.7. The fourth-order valence-corrected chi connectivity index (χ4v) is 2.34. The van der Waals surface area contributed by atoms with Gasteiger partial charge in [-0.1, -0.05) is 25.7 Å². The Labute approximate surface area is 102 Å². The molecule has 0 saturated heterocycles. The smallest absolute Gasteiger partial charge is 0.314 e. The average Bonchev–Trinajstić information content (AvgIpc) is 2.53. The highest BCUT2D eigenvalue weighted by molar-refractivity contribution is 5.78. The standard InChI is InChI=1S/C12H22N2O3/c1-2-13-11(17)14-9-12(10(15)16)7-5-3-4-6-8-12/h2-9H2,1H3,(H,15,16)(H2,13,14,17). The van der Waals surface area contributed by atoms with E-state index in [4.69, 9.17) is 0 Å². The predicted octanol–water partition coefficient (Wildman–Crippen LogP) is 1.73. The van der Waals surface area contributed by atoms with Crippen LogP contribution in [0.4, 0.5) is 4.79 Å². The molecule has 0 spiro atoms. The highest BCUT2D eigenvalue weighted by Crippen LogP contribution is 2.34. The molecule has 1 fully saturated rings. The fraction of sp³-hybridized carbons (Fsp3) is 0.833. The molecule has 1 saturated carbocycles. The zero-order valence-corrected chi connectivity index (χ0v) is 10.4. The lowest BCUT2D eigenvalue weighted by atomic mass is 9.80. The van der Waals surface area contributed by atoms with Crippen LogP contribution in [0, 0.1) is 5.41 Å². The van der Waals surface area contributed by atoms with Gasteiger partial charge in [0.25, 0.3) is 0 Å². The Morgan fingerprint density at radius 2 is 1.71 bits per heavy atom. The van der Waals surface area contributed by atoms with Crippen molar-refractivity contribution in [1.82, 2.24) is 10.6 Å². The second kappa shape index (κ2) is 6.47. The van der Waals surface area contributed by atoms with Crippen LogP contribution >= 0.6 is 0 Å². The molecule has 0 aromatic rings. The lowest BCUT2D eigenvalue weighted by Gasteiger charge is -2.28. The Kier molecular flexibility index (Phi) is 5.25. The van der Waals surface area contributed by atoms with Gasteiger partial charge in [0, 0.05) is 13.1 Å². The van der Waals surface area contributed by atoms with Gasteiger partial charge in [-0.2, -0.15) is 0 Å². The molecule has 0 aromatic heterocycles. The monoisotopic (exact) mass is 242 g/mol. The van der Waals surface area contributed by atoms with Crippen molar-refractivity contribution in [1.29, 1.82) is 0 Å². The predicted molar refractivity (Wildman–Crippen MR) is 64.8 cm³/mol. The highest BCUT2D eigenvalue weighted by atomic mass is 16.4. The summed E-state index contributed by atoms with van der Waals surface area (Å²) in [4.78, 5) is 22.7. The van der Waals surface area contributed by atoms with Crippen LogP contribution in [-0.4, -0.2) is 30.2 Å². The van der Waals surface area contributed by atoms with Crippen molar-refractivity contribution in [2.45, 2.75) is 45.4 Å². The molecule has 0 heterocycles. The Morgan fingerprint density at radius 1 is 1.12 bits per heavy atom. The maximum Gasteiger partial charge on any atom is 0.314 e. The van der Waals surface area contributed by atoms with Crippen LogP contribution in [-0.2, 0) is 4.79 Å². The van der Waals surface area contributed by atoms with Crippen molar-refractivity contribution in [3.8, 4) is 0 Å². The van der Waals surface area contributed by atoms with E-state index >= 15 is 0 Å². The number of hydrogen-bond donors (Lipinski definition) is 3. The first kappa shape index (κ1) is 13.8. The number of carboxylic acids is 1. The number of aliphatic carboxylic acids is 1. The molecular formula is C12H22N2O3. The summed E-state index contributed by atoms with van der Waals surface area (Å²) >= 11 is 0. The van der Waals surface area contributed by atoms with E-state index in [1.165, 1.54) is 0 Å². The van der Waals surface area contributed by atoms with E-state index in [1.807, 2.05) is 6.92 Å². The quantitative estimate of drug-likeness (QED) is 0.657. The van der Waals surface area contributed by atoms with Crippen LogP contribution in [0.15, 0.2) is 0 Å². The van der Waals surface area contributed by atoms with Crippen LogP contribution in [0.25, 0.3) is 0 Å². The Hall–Kier alpha value is -1.26. The number of carbonyl (C=O) groups is 2. The second-order valence-electron chi connectivity index (χ2n) is 4.71. The number of amides is 2. The summed E-state index contributed by atoms with van der Waals surface area (Å²) in [5.41, 5.74) is -0.762. The van der Waals surface area contributed by atoms with E-state index in [9.17, 15) is 14.7 Å². The minimum atomic E-state index is -0.781. The van der Waals surface area contributed by atoms with Gasteiger partial charge in [-0.3, -0.25) is 4.79 Å². The van der Waals surface area contributed by atoms with E-state index < -0.39 is 11.4 Å². The summed E-state index contributed by atoms with van der Waals surface area (Å²) in [6.07, 6.45) is 5.38. The Balaban J connectivity index is 2.58. The molecule has 0 bridgehead atoms. The van der Waals surface area contributed by atoms with Gasteiger partial charge in [0.1, 0.15) is 0 Å². The van der Waals surface area contributed by atoms with Crippen molar-refractivity contribution < 1.29 is 14.7 Å². The minimum Gasteiger partial charge on any atom is -0.481 e. The second-order valence-corrected chi connectivity index (χ2v) is 4.71. The van der Waals surface area contributed by atoms with E-state index in [-0.39, 0.29) is 12.6 Å². The summed E-state index contributed by atoms with van der Waals surface area (Å²) in [6.45, 7) is 2.61. The number of urea groups is 1. The SMILES string of the molecule is CCNC(=O)NCC1(C(=O)O)CCCCCC1. The molecule has 0 aliphatic heterocycles. The molecule has 98 valence electrons. The normalized spacial score (nSPS) is 19.1. The summed E-state index contributed by atoms with van der Waals surface area (Å²) in [6, 6.07) is -0.280. The molecule has 3 N–H and O–H groups in total. The molecule has 0 atom stereocenters. The van der Waals surface area contributed by atoms with E-state index in [0.717, 1.165) is 25.7 Å². The number of nitrogens with one attached hydrogen (secondary N) is 2. The van der Waals surface area contributed by atoms with E-state index in [2.05, 4.69) is 10.6 Å². The van der Waals surface area contributed by atoms with Gasteiger partial charge in [-0.25, -0.2) is 4.79 Å². The Morgan fingerprint density at radius 3 is 2.18 bits per heavy atom. The van der Waals surface area contributed by atoms with Crippen molar-refractivity contribution in [3.05, 3.63) is 0 Å². The van der Waals surface area contributed by atoms with Crippen molar-refractivity contribution in [2.24, 2.45) is 5.41 Å². The number of hydrogen-bond acceptors (Lipinski definition) is 2. The van der Waals surface area contributed by atoms with E-state index in [1.54, 1.807) is 0 Å². The molecule has 2 amide bonds. The summed E-state index contributed by atoms with van der Waals surface area (Å²) in [5.74, 6) is -0.781. The van der Waals surface area contributed by atoms with Gasteiger partial charge in [0.05, 0.1) is 5.41 Å². The first-order chi connectivity index (χ1) is 8.10. The van der Waals surface area contributed by atoms with Crippen molar-refractivity contribution in [3.63, 3.8) is 0 Å². The third-order valence-corrected chi connectivity index (χ3v) is 3.44. The molecular weight excluding hydrogens is 220 g/mol. The van der Waals surface area contributed by atoms with Crippen LogP contribution in [0.3, 0.4) is 0 Å².